The van der Waals surface area contributed by atoms with Gasteiger partial charge in [-0.2, -0.15) is 9.59 Å². The van der Waals surface area contributed by atoms with Crippen LogP contribution >= 0.6 is 0 Å². The number of imidazole rings is 1. The quantitative estimate of drug-likeness (QED) is 0.0638. The highest BCUT2D eigenvalue weighted by molar-refractivity contribution is 5.97. The predicted octanol–water partition coefficient (Wildman–Crippen LogP) is 13.1. The smallest absolute Gasteiger partial charge is 0.373 e. The first kappa shape index (κ1) is 50.2. The summed E-state index contributed by atoms with van der Waals surface area (Å²) in [5.41, 5.74) is 21.2. The summed E-state index contributed by atoms with van der Waals surface area (Å²) >= 11 is 0. The molecule has 0 saturated carbocycles. The molecule has 0 fully saturated rings. The van der Waals surface area contributed by atoms with Gasteiger partial charge >= 0.3 is 6.15 Å². The summed E-state index contributed by atoms with van der Waals surface area (Å²) in [6.45, 7) is 28.4. The Labute approximate surface area is 368 Å². The molecule has 0 aliphatic carbocycles. The summed E-state index contributed by atoms with van der Waals surface area (Å²) in [6, 6.07) is 21.5. The summed E-state index contributed by atoms with van der Waals surface area (Å²) in [5, 5.41) is 0. The van der Waals surface area contributed by atoms with Gasteiger partial charge in [-0.3, -0.25) is 4.57 Å². The number of aromatic nitrogens is 4. The molecular weight excluding hydrogens is 753 g/mol. The van der Waals surface area contributed by atoms with E-state index in [4.69, 9.17) is 35.3 Å². The van der Waals surface area contributed by atoms with E-state index in [2.05, 4.69) is 143 Å². The van der Waals surface area contributed by atoms with E-state index in [0.717, 1.165) is 59.2 Å². The Morgan fingerprint density at radius 2 is 1.13 bits per heavy atom. The van der Waals surface area contributed by atoms with E-state index in [1.807, 2.05) is 18.2 Å². The third-order valence-electron chi connectivity index (χ3n) is 10.9. The zero-order valence-corrected chi connectivity index (χ0v) is 39.8. The number of unbranched alkanes of at least 4 members (excludes halogenated alkanes) is 6. The van der Waals surface area contributed by atoms with E-state index in [-0.39, 0.29) is 17.0 Å². The molecule has 0 unspecified atom stereocenters. The van der Waals surface area contributed by atoms with Crippen LogP contribution in [0.25, 0.3) is 17.2 Å². The standard InChI is InChI=1S/C28H39N3.C24H35N3.CO2/c1-8-10-11-12-14-22-17-20(3)26(21(4)18-22)31-19-23(9-2)29-27(31)24-15-13-16-25(30-24)28(5,6)7;1-7-8-9-10-12-19-15-17(2)22(18(3)16-19)27-23(25)20-13-11-14-21(26-20)24(4,5)6;2-1-3/h13,15-19H,8-12,14H2,1-7H3;11,13-16H,7-10,12H2,1-6H3,(H2,25,27);. The first-order valence-electron chi connectivity index (χ1n) is 22.5. The second-order valence-electron chi connectivity index (χ2n) is 18.5. The molecule has 2 N–H and O–H groups in total. The lowest BCUT2D eigenvalue weighted by Gasteiger charge is -2.19. The van der Waals surface area contributed by atoms with Crippen molar-refractivity contribution in [1.82, 2.24) is 19.5 Å². The Hall–Kier alpha value is -5.20. The molecule has 0 aliphatic rings. The number of pyridine rings is 2. The number of benzene rings is 2. The molecule has 0 saturated heterocycles. The molecule has 5 rings (SSSR count). The van der Waals surface area contributed by atoms with E-state index >= 15 is 0 Å². The third kappa shape index (κ3) is 15.0. The molecule has 61 heavy (non-hydrogen) atoms. The highest BCUT2D eigenvalue weighted by Crippen LogP contribution is 2.31. The predicted molar refractivity (Wildman–Crippen MR) is 254 cm³/mol. The molecule has 2 aromatic carbocycles. The summed E-state index contributed by atoms with van der Waals surface area (Å²) in [5.74, 6) is 1.41. The fraction of sp³-hybridized carbons (Fsp3) is 0.491. The first-order valence-corrected chi connectivity index (χ1v) is 22.5. The lowest BCUT2D eigenvalue weighted by molar-refractivity contribution is -0.191. The Kier molecular flexibility index (Phi) is 19.5. The van der Waals surface area contributed by atoms with E-state index in [1.54, 1.807) is 0 Å². The van der Waals surface area contributed by atoms with Crippen LogP contribution in [0.5, 0.6) is 0 Å². The van der Waals surface area contributed by atoms with Crippen LogP contribution in [-0.2, 0) is 39.7 Å². The number of amidine groups is 1. The highest BCUT2D eigenvalue weighted by atomic mass is 16.2. The van der Waals surface area contributed by atoms with Crippen molar-refractivity contribution in [3.8, 4) is 17.2 Å². The van der Waals surface area contributed by atoms with Gasteiger partial charge in [-0.15, -0.1) is 0 Å². The average Bonchev–Trinajstić information content (AvgIpc) is 3.63. The fourth-order valence-electron chi connectivity index (χ4n) is 7.55. The van der Waals surface area contributed by atoms with Crippen LogP contribution in [0, 0.1) is 27.7 Å². The maximum absolute atomic E-state index is 8.12. The van der Waals surface area contributed by atoms with Crippen LogP contribution in [0.15, 0.2) is 71.9 Å². The van der Waals surface area contributed by atoms with Crippen molar-refractivity contribution in [3.05, 3.63) is 123 Å². The van der Waals surface area contributed by atoms with E-state index in [0.29, 0.717) is 5.84 Å². The molecule has 0 aliphatic heterocycles. The second kappa shape index (κ2) is 23.7. The van der Waals surface area contributed by atoms with Gasteiger partial charge in [0.1, 0.15) is 17.2 Å². The van der Waals surface area contributed by atoms with Gasteiger partial charge in [-0.1, -0.05) is 137 Å². The summed E-state index contributed by atoms with van der Waals surface area (Å²) in [6.07, 6.45) is 16.0. The Balaban J connectivity index is 0.000000308. The largest absolute Gasteiger partial charge is 0.382 e. The fourth-order valence-corrected chi connectivity index (χ4v) is 7.55. The molecule has 8 nitrogen and oxygen atoms in total. The first-order chi connectivity index (χ1) is 28.9. The minimum absolute atomic E-state index is 0.00623. The van der Waals surface area contributed by atoms with Gasteiger partial charge < -0.3 is 5.73 Å². The van der Waals surface area contributed by atoms with Crippen molar-refractivity contribution < 1.29 is 9.59 Å². The number of nitrogens with zero attached hydrogens (tertiary/aromatic N) is 5. The normalized spacial score (nSPS) is 11.7. The minimum Gasteiger partial charge on any atom is -0.382 e. The monoisotopic (exact) mass is 827 g/mol. The summed E-state index contributed by atoms with van der Waals surface area (Å²) < 4.78 is 2.26. The molecular formula is C53H74N6O2. The number of rotatable bonds is 15. The molecule has 0 spiro atoms. The lowest BCUT2D eigenvalue weighted by Crippen LogP contribution is -2.19. The molecule has 0 bridgehead atoms. The molecule has 0 radical (unpaired) electrons. The minimum atomic E-state index is -0.0124. The van der Waals surface area contributed by atoms with Crippen LogP contribution in [-0.4, -0.2) is 31.5 Å². The van der Waals surface area contributed by atoms with Gasteiger partial charge in [0.15, 0.2) is 5.82 Å². The van der Waals surface area contributed by atoms with E-state index < -0.39 is 0 Å². The van der Waals surface area contributed by atoms with Crippen molar-refractivity contribution in [2.75, 3.05) is 0 Å². The van der Waals surface area contributed by atoms with Crippen LogP contribution < -0.4 is 5.73 Å². The van der Waals surface area contributed by atoms with Gasteiger partial charge in [0.25, 0.3) is 0 Å². The van der Waals surface area contributed by atoms with Gasteiger partial charge in [0.05, 0.1) is 17.1 Å². The second-order valence-corrected chi connectivity index (χ2v) is 18.5. The molecule has 3 aromatic heterocycles. The molecule has 0 atom stereocenters. The Morgan fingerprint density at radius 1 is 0.656 bits per heavy atom. The van der Waals surface area contributed by atoms with E-state index in [9.17, 15) is 0 Å². The summed E-state index contributed by atoms with van der Waals surface area (Å²) in [7, 11) is 0. The van der Waals surface area contributed by atoms with Crippen LogP contribution in [0.1, 0.15) is 170 Å². The maximum Gasteiger partial charge on any atom is 0.373 e. The van der Waals surface area contributed by atoms with Gasteiger partial charge in [-0.25, -0.2) is 19.9 Å². The molecule has 3 heterocycles. The molecule has 5 aromatic rings. The maximum atomic E-state index is 8.12. The number of aryl methyl sites for hydroxylation is 7. The van der Waals surface area contributed by atoms with Crippen molar-refractivity contribution in [2.45, 2.75) is 171 Å². The topological polar surface area (TPSA) is 116 Å². The Morgan fingerprint density at radius 3 is 1.61 bits per heavy atom. The highest BCUT2D eigenvalue weighted by Gasteiger charge is 2.21. The number of nitrogens with two attached hydrogens (primary N) is 1. The van der Waals surface area contributed by atoms with Crippen molar-refractivity contribution in [1.29, 1.82) is 0 Å². The number of hydrogen-bond acceptors (Lipinski definition) is 6. The zero-order chi connectivity index (χ0) is 45.3. The van der Waals surface area contributed by atoms with Crippen molar-refractivity contribution in [2.24, 2.45) is 10.7 Å². The molecule has 328 valence electrons. The SMILES string of the molecule is CCCCCCc1cc(C)c(-n2cc(CC)nc2-c2cccc(C(C)(C)C)n2)c(C)c1.CCCCCCc1cc(C)c(N=C(N)c2cccc(C(C)(C)C)n2)c(C)c1.O=C=O. The van der Waals surface area contributed by atoms with Crippen molar-refractivity contribution in [3.63, 3.8) is 0 Å². The Bertz CT molecular complexity index is 2180. The van der Waals surface area contributed by atoms with Crippen molar-refractivity contribution >= 4 is 17.7 Å². The zero-order valence-electron chi connectivity index (χ0n) is 39.8. The van der Waals surface area contributed by atoms with Crippen LogP contribution in [0.2, 0.25) is 0 Å². The number of aliphatic imine (C=N–C) groups is 1. The van der Waals surface area contributed by atoms with Gasteiger partial charge in [0, 0.05) is 28.4 Å². The molecule has 0 amide bonds. The van der Waals surface area contributed by atoms with Gasteiger partial charge in [-0.05, 0) is 117 Å². The van der Waals surface area contributed by atoms with Crippen LogP contribution in [0.3, 0.4) is 0 Å². The van der Waals surface area contributed by atoms with Crippen LogP contribution in [0.4, 0.5) is 5.69 Å². The lowest BCUT2D eigenvalue weighted by atomic mass is 9.91. The average molecular weight is 827 g/mol. The number of carbonyl (C=O) groups excluding carboxylic acids is 2. The summed E-state index contributed by atoms with van der Waals surface area (Å²) in [4.78, 5) is 35.7. The van der Waals surface area contributed by atoms with E-state index in [1.165, 1.54) is 90.4 Å². The number of hydrogen-bond donors (Lipinski definition) is 1. The molecule has 8 heteroatoms. The third-order valence-corrected chi connectivity index (χ3v) is 10.9. The van der Waals surface area contributed by atoms with Gasteiger partial charge in [0.2, 0.25) is 0 Å².